The van der Waals surface area contributed by atoms with Crippen LogP contribution in [0.5, 0.6) is 0 Å². The van der Waals surface area contributed by atoms with Crippen molar-refractivity contribution in [3.8, 4) is 0 Å². The summed E-state index contributed by atoms with van der Waals surface area (Å²) in [5.74, 6) is 1.59. The van der Waals surface area contributed by atoms with E-state index in [2.05, 4.69) is 53.8 Å². The van der Waals surface area contributed by atoms with Gasteiger partial charge in [-0.1, -0.05) is 0 Å². The molecule has 4 aromatic rings. The standard InChI is InChI=1S/C26H27N9O/c1-17(31-21-7-9-29-25(21)27-2)20-5-4-19-16-30-23(15-22(19)32-20)33-26(36)18-6-8-28-24(14-18)35-12-10-34(3)11-13-35/h4-9,14-16,29H,2,10-13H2,1,3H3,(H,30,33,36). The summed E-state index contributed by atoms with van der Waals surface area (Å²) < 4.78 is 0. The van der Waals surface area contributed by atoms with Gasteiger partial charge in [-0.05, 0) is 51.0 Å². The quantitative estimate of drug-likeness (QED) is 0.405. The van der Waals surface area contributed by atoms with Crippen LogP contribution < -0.4 is 10.2 Å². The summed E-state index contributed by atoms with van der Waals surface area (Å²) in [5.41, 5.74) is 3.38. The number of anilines is 2. The molecule has 5 rings (SSSR count). The summed E-state index contributed by atoms with van der Waals surface area (Å²) in [5, 5.41) is 3.75. The van der Waals surface area contributed by atoms with Gasteiger partial charge >= 0.3 is 0 Å². The van der Waals surface area contributed by atoms with Crippen LogP contribution in [0.4, 0.5) is 23.1 Å². The first-order valence-corrected chi connectivity index (χ1v) is 11.7. The maximum absolute atomic E-state index is 13.0. The summed E-state index contributed by atoms with van der Waals surface area (Å²) in [6.07, 6.45) is 5.13. The van der Waals surface area contributed by atoms with Crippen LogP contribution >= 0.6 is 0 Å². The molecule has 10 nitrogen and oxygen atoms in total. The highest BCUT2D eigenvalue weighted by Crippen LogP contribution is 2.26. The van der Waals surface area contributed by atoms with Crippen LogP contribution in [-0.4, -0.2) is 76.4 Å². The van der Waals surface area contributed by atoms with Crippen molar-refractivity contribution < 1.29 is 4.79 Å². The topological polar surface area (TPSA) is 115 Å². The maximum atomic E-state index is 13.0. The lowest BCUT2D eigenvalue weighted by Crippen LogP contribution is -2.44. The normalized spacial score (nSPS) is 14.7. The second kappa shape index (κ2) is 10.0. The molecule has 0 atom stereocenters. The smallest absolute Gasteiger partial charge is 0.257 e. The average Bonchev–Trinajstić information content (AvgIpc) is 3.35. The van der Waals surface area contributed by atoms with Crippen molar-refractivity contribution in [3.63, 3.8) is 0 Å². The minimum atomic E-state index is -0.245. The Kier molecular flexibility index (Phi) is 6.50. The van der Waals surface area contributed by atoms with E-state index in [9.17, 15) is 4.79 Å². The number of aromatic amines is 1. The SMILES string of the molecule is C=Nc1[nH]ccc1N=C(C)c1ccc2cnc(NC(=O)c3ccnc(N4CCN(C)CC4)c3)cc2n1. The van der Waals surface area contributed by atoms with Crippen molar-refractivity contribution in [2.24, 2.45) is 9.98 Å². The molecule has 0 aliphatic carbocycles. The van der Waals surface area contributed by atoms with Gasteiger partial charge in [-0.2, -0.15) is 0 Å². The van der Waals surface area contributed by atoms with Crippen LogP contribution in [0.2, 0.25) is 0 Å². The van der Waals surface area contributed by atoms with Gasteiger partial charge in [0.15, 0.2) is 5.82 Å². The second-order valence-corrected chi connectivity index (χ2v) is 8.67. The molecule has 0 unspecified atom stereocenters. The van der Waals surface area contributed by atoms with E-state index < -0.39 is 0 Å². The van der Waals surface area contributed by atoms with Crippen LogP contribution in [-0.2, 0) is 0 Å². The zero-order chi connectivity index (χ0) is 25.1. The predicted molar refractivity (Wildman–Crippen MR) is 143 cm³/mol. The molecular formula is C26H27N9O. The number of aliphatic imine (C=N–C) groups is 2. The fourth-order valence-corrected chi connectivity index (χ4v) is 4.05. The number of carbonyl (C=O) groups excluding carboxylic acids is 1. The van der Waals surface area contributed by atoms with Crippen molar-refractivity contribution in [3.05, 3.63) is 66.2 Å². The van der Waals surface area contributed by atoms with Gasteiger partial charge in [-0.15, -0.1) is 0 Å². The highest BCUT2D eigenvalue weighted by Gasteiger charge is 2.17. The number of piperazine rings is 1. The molecule has 36 heavy (non-hydrogen) atoms. The Morgan fingerprint density at radius 1 is 1.11 bits per heavy atom. The van der Waals surface area contributed by atoms with E-state index in [0.717, 1.165) is 43.1 Å². The molecule has 5 heterocycles. The van der Waals surface area contributed by atoms with Crippen LogP contribution in [0, 0.1) is 0 Å². The Bertz CT molecular complexity index is 1450. The Hall–Kier alpha value is -4.44. The zero-order valence-corrected chi connectivity index (χ0v) is 20.3. The molecular weight excluding hydrogens is 454 g/mol. The number of nitrogens with zero attached hydrogens (tertiary/aromatic N) is 7. The summed E-state index contributed by atoms with van der Waals surface area (Å²) in [6.45, 7) is 9.14. The third-order valence-corrected chi connectivity index (χ3v) is 6.17. The number of pyridine rings is 3. The Balaban J connectivity index is 1.35. The lowest BCUT2D eigenvalue weighted by molar-refractivity contribution is 0.102. The van der Waals surface area contributed by atoms with E-state index in [-0.39, 0.29) is 5.91 Å². The van der Waals surface area contributed by atoms with Crippen LogP contribution in [0.15, 0.2) is 65.0 Å². The van der Waals surface area contributed by atoms with Gasteiger partial charge in [0.05, 0.1) is 16.9 Å². The Labute approximate surface area is 208 Å². The van der Waals surface area contributed by atoms with E-state index >= 15 is 0 Å². The molecule has 182 valence electrons. The maximum Gasteiger partial charge on any atom is 0.257 e. The number of rotatable bonds is 6. The van der Waals surface area contributed by atoms with Crippen LogP contribution in [0.25, 0.3) is 10.9 Å². The van der Waals surface area contributed by atoms with Gasteiger partial charge in [0.1, 0.15) is 17.3 Å². The van der Waals surface area contributed by atoms with Crippen molar-refractivity contribution in [2.45, 2.75) is 6.92 Å². The summed E-state index contributed by atoms with van der Waals surface area (Å²) >= 11 is 0. The number of aromatic nitrogens is 4. The average molecular weight is 482 g/mol. The minimum Gasteiger partial charge on any atom is -0.354 e. The van der Waals surface area contributed by atoms with E-state index in [1.54, 1.807) is 30.7 Å². The van der Waals surface area contributed by atoms with Crippen molar-refractivity contribution >= 4 is 52.4 Å². The van der Waals surface area contributed by atoms with E-state index in [0.29, 0.717) is 34.1 Å². The molecule has 0 bridgehead atoms. The fraction of sp³-hybridized carbons (Fsp3) is 0.231. The molecule has 4 aromatic heterocycles. The van der Waals surface area contributed by atoms with Crippen LogP contribution in [0.3, 0.4) is 0 Å². The lowest BCUT2D eigenvalue weighted by atomic mass is 10.2. The van der Waals surface area contributed by atoms with E-state index in [4.69, 9.17) is 4.98 Å². The number of amides is 1. The first-order chi connectivity index (χ1) is 17.5. The van der Waals surface area contributed by atoms with Gasteiger partial charge in [-0.3, -0.25) is 4.79 Å². The number of likely N-dealkylation sites (N-methyl/N-ethyl adjacent to an activating group) is 1. The molecule has 1 aliphatic rings. The third-order valence-electron chi connectivity index (χ3n) is 6.17. The molecule has 1 saturated heterocycles. The Morgan fingerprint density at radius 2 is 1.94 bits per heavy atom. The number of carbonyl (C=O) groups is 1. The van der Waals surface area contributed by atoms with E-state index in [1.807, 2.05) is 31.2 Å². The molecule has 1 aliphatic heterocycles. The summed E-state index contributed by atoms with van der Waals surface area (Å²) in [4.78, 5) is 42.6. The number of hydrogen-bond donors (Lipinski definition) is 2. The third kappa shape index (κ3) is 4.98. The largest absolute Gasteiger partial charge is 0.354 e. The number of fused-ring (bicyclic) bond motifs is 1. The number of hydrogen-bond acceptors (Lipinski definition) is 8. The van der Waals surface area contributed by atoms with Gasteiger partial charge < -0.3 is 20.1 Å². The van der Waals surface area contributed by atoms with Crippen molar-refractivity contribution in [1.82, 2.24) is 24.8 Å². The molecule has 10 heteroatoms. The number of H-pyrrole nitrogens is 1. The van der Waals surface area contributed by atoms with Crippen molar-refractivity contribution in [2.75, 3.05) is 43.4 Å². The second-order valence-electron chi connectivity index (χ2n) is 8.67. The van der Waals surface area contributed by atoms with Gasteiger partial charge in [0.25, 0.3) is 5.91 Å². The minimum absolute atomic E-state index is 0.245. The molecule has 0 spiro atoms. The molecule has 2 N–H and O–H groups in total. The predicted octanol–water partition coefficient (Wildman–Crippen LogP) is 3.83. The van der Waals surface area contributed by atoms with Crippen molar-refractivity contribution in [1.29, 1.82) is 0 Å². The molecule has 0 aromatic carbocycles. The summed E-state index contributed by atoms with van der Waals surface area (Å²) in [6, 6.07) is 11.0. The summed E-state index contributed by atoms with van der Waals surface area (Å²) in [7, 11) is 2.11. The lowest BCUT2D eigenvalue weighted by Gasteiger charge is -2.33. The highest BCUT2D eigenvalue weighted by molar-refractivity contribution is 6.05. The monoisotopic (exact) mass is 481 g/mol. The van der Waals surface area contributed by atoms with E-state index in [1.165, 1.54) is 0 Å². The molecule has 0 radical (unpaired) electrons. The van der Waals surface area contributed by atoms with Crippen LogP contribution in [0.1, 0.15) is 23.0 Å². The fourth-order valence-electron chi connectivity index (χ4n) is 4.05. The van der Waals surface area contributed by atoms with Gasteiger partial charge in [-0.25, -0.2) is 24.9 Å². The highest BCUT2D eigenvalue weighted by atomic mass is 16.1. The Morgan fingerprint density at radius 3 is 2.75 bits per heavy atom. The molecule has 1 amide bonds. The number of nitrogens with one attached hydrogen (secondary N) is 2. The zero-order valence-electron chi connectivity index (χ0n) is 20.3. The van der Waals surface area contributed by atoms with Gasteiger partial charge in [0.2, 0.25) is 0 Å². The van der Waals surface area contributed by atoms with Gasteiger partial charge in [0, 0.05) is 61.8 Å². The first-order valence-electron chi connectivity index (χ1n) is 11.7. The molecule has 0 saturated carbocycles. The first kappa shape index (κ1) is 23.3. The molecule has 1 fully saturated rings.